The van der Waals surface area contributed by atoms with Gasteiger partial charge in [-0.25, -0.2) is 8.42 Å². The van der Waals surface area contributed by atoms with Crippen LogP contribution in [0.15, 0.2) is 63.9 Å². The molecule has 1 aliphatic rings. The van der Waals surface area contributed by atoms with Gasteiger partial charge in [-0.05, 0) is 29.8 Å². The van der Waals surface area contributed by atoms with Crippen LogP contribution >= 0.6 is 0 Å². The summed E-state index contributed by atoms with van der Waals surface area (Å²) in [6.07, 6.45) is 0.544. The Kier molecular flexibility index (Phi) is 6.93. The summed E-state index contributed by atoms with van der Waals surface area (Å²) in [7, 11) is -3.52. The van der Waals surface area contributed by atoms with Crippen molar-refractivity contribution in [3.05, 3.63) is 66.1 Å². The lowest BCUT2D eigenvalue weighted by atomic mass is 10.2. The van der Waals surface area contributed by atoms with Crippen molar-refractivity contribution in [3.63, 3.8) is 0 Å². The Morgan fingerprint density at radius 2 is 1.72 bits per heavy atom. The number of aryl methyl sites for hydroxylation is 1. The first-order chi connectivity index (χ1) is 15.5. The molecule has 0 atom stereocenters. The number of sulfonamides is 1. The monoisotopic (exact) mass is 456 g/mol. The Morgan fingerprint density at radius 3 is 2.44 bits per heavy atom. The van der Waals surface area contributed by atoms with Crippen LogP contribution in [0.3, 0.4) is 0 Å². The number of carbonyl (C=O) groups is 1. The predicted octanol–water partition coefficient (Wildman–Crippen LogP) is 2.01. The molecular weight excluding hydrogens is 432 g/mol. The number of amides is 1. The van der Waals surface area contributed by atoms with E-state index in [1.54, 1.807) is 24.3 Å². The van der Waals surface area contributed by atoms with E-state index in [1.807, 2.05) is 30.3 Å². The lowest BCUT2D eigenvalue weighted by Crippen LogP contribution is -2.40. The molecular formula is C22H24N4O5S. The summed E-state index contributed by atoms with van der Waals surface area (Å²) in [6.45, 7) is 1.82. The minimum atomic E-state index is -3.52. The van der Waals surface area contributed by atoms with Gasteiger partial charge in [0.15, 0.2) is 0 Å². The molecule has 0 spiro atoms. The zero-order chi connectivity index (χ0) is 22.4. The number of rotatable bonds is 8. The molecule has 2 heterocycles. The third kappa shape index (κ3) is 5.39. The van der Waals surface area contributed by atoms with Crippen LogP contribution in [0.25, 0.3) is 11.5 Å². The molecule has 1 aliphatic heterocycles. The Hall–Kier alpha value is -3.08. The van der Waals surface area contributed by atoms with Crippen molar-refractivity contribution in [3.8, 4) is 11.5 Å². The molecule has 32 heavy (non-hydrogen) atoms. The van der Waals surface area contributed by atoms with Gasteiger partial charge < -0.3 is 14.5 Å². The number of aromatic nitrogens is 2. The second-order valence-electron chi connectivity index (χ2n) is 7.30. The number of benzene rings is 2. The lowest BCUT2D eigenvalue weighted by molar-refractivity contribution is -0.121. The average Bonchev–Trinajstić information content (AvgIpc) is 3.32. The van der Waals surface area contributed by atoms with E-state index in [4.69, 9.17) is 9.15 Å². The van der Waals surface area contributed by atoms with Gasteiger partial charge in [0.25, 0.3) is 0 Å². The zero-order valence-corrected chi connectivity index (χ0v) is 18.3. The van der Waals surface area contributed by atoms with E-state index >= 15 is 0 Å². The Balaban J connectivity index is 1.26. The molecule has 1 fully saturated rings. The highest BCUT2D eigenvalue weighted by molar-refractivity contribution is 7.89. The fourth-order valence-corrected chi connectivity index (χ4v) is 4.68. The van der Waals surface area contributed by atoms with Crippen molar-refractivity contribution in [2.45, 2.75) is 24.3 Å². The molecule has 1 aromatic heterocycles. The van der Waals surface area contributed by atoms with Gasteiger partial charge in [0.1, 0.15) is 0 Å². The van der Waals surface area contributed by atoms with Gasteiger partial charge >= 0.3 is 0 Å². The number of carbonyl (C=O) groups excluding carboxylic acids is 1. The molecule has 0 saturated carbocycles. The van der Waals surface area contributed by atoms with Crippen molar-refractivity contribution in [2.75, 3.05) is 26.3 Å². The Labute approximate surface area is 186 Å². The first kappa shape index (κ1) is 22.1. The van der Waals surface area contributed by atoms with Crippen molar-refractivity contribution < 1.29 is 22.4 Å². The van der Waals surface area contributed by atoms with Crippen molar-refractivity contribution in [2.24, 2.45) is 0 Å². The summed E-state index contributed by atoms with van der Waals surface area (Å²) in [5.41, 5.74) is 1.64. The maximum absolute atomic E-state index is 12.7. The van der Waals surface area contributed by atoms with Crippen LogP contribution in [0.4, 0.5) is 0 Å². The van der Waals surface area contributed by atoms with Gasteiger partial charge in [-0.1, -0.05) is 30.3 Å². The van der Waals surface area contributed by atoms with E-state index in [0.717, 1.165) is 11.1 Å². The average molecular weight is 457 g/mol. The maximum atomic E-state index is 12.7. The minimum Gasteiger partial charge on any atom is -0.421 e. The molecule has 10 heteroatoms. The first-order valence-corrected chi connectivity index (χ1v) is 11.8. The SMILES string of the molecule is O=C(CCc1nnc(-c2ccccc2)o1)NCc1ccc(S(=O)(=O)N2CCOCC2)cc1. The molecule has 2 aromatic carbocycles. The van der Waals surface area contributed by atoms with Crippen molar-refractivity contribution >= 4 is 15.9 Å². The van der Waals surface area contributed by atoms with Crippen molar-refractivity contribution in [1.82, 2.24) is 19.8 Å². The van der Waals surface area contributed by atoms with Gasteiger partial charge in [-0.2, -0.15) is 4.31 Å². The summed E-state index contributed by atoms with van der Waals surface area (Å²) in [5.74, 6) is 0.666. The summed E-state index contributed by atoms with van der Waals surface area (Å²) in [4.78, 5) is 12.4. The summed E-state index contributed by atoms with van der Waals surface area (Å²) >= 11 is 0. The standard InChI is InChI=1S/C22H24N4O5S/c27-20(10-11-21-24-25-22(31-21)18-4-2-1-3-5-18)23-16-17-6-8-19(9-7-17)32(28,29)26-12-14-30-15-13-26/h1-9H,10-16H2,(H,23,27). The molecule has 0 aliphatic carbocycles. The largest absolute Gasteiger partial charge is 0.421 e. The second kappa shape index (κ2) is 10.0. The number of morpholine rings is 1. The minimum absolute atomic E-state index is 0.158. The highest BCUT2D eigenvalue weighted by atomic mass is 32.2. The third-order valence-corrected chi connectivity index (χ3v) is 6.99. The fraction of sp³-hybridized carbons (Fsp3) is 0.318. The maximum Gasteiger partial charge on any atom is 0.247 e. The smallest absolute Gasteiger partial charge is 0.247 e. The van der Waals surface area contributed by atoms with Crippen molar-refractivity contribution in [1.29, 1.82) is 0 Å². The summed E-state index contributed by atoms with van der Waals surface area (Å²) in [6, 6.07) is 16.0. The molecule has 4 rings (SSSR count). The highest BCUT2D eigenvalue weighted by Crippen LogP contribution is 2.19. The molecule has 1 amide bonds. The molecule has 9 nitrogen and oxygen atoms in total. The van der Waals surface area contributed by atoms with Crippen LogP contribution in [-0.2, 0) is 32.5 Å². The first-order valence-electron chi connectivity index (χ1n) is 10.3. The molecule has 1 saturated heterocycles. The van der Waals surface area contributed by atoms with Crippen LogP contribution in [0, 0.1) is 0 Å². The van der Waals surface area contributed by atoms with Crippen LogP contribution in [-0.4, -0.2) is 55.1 Å². The quantitative estimate of drug-likeness (QED) is 0.551. The van der Waals surface area contributed by atoms with E-state index in [1.165, 1.54) is 4.31 Å². The molecule has 0 bridgehead atoms. The van der Waals surface area contributed by atoms with Crippen LogP contribution in [0.5, 0.6) is 0 Å². The van der Waals surface area contributed by atoms with Crippen LogP contribution in [0.2, 0.25) is 0 Å². The van der Waals surface area contributed by atoms with Crippen LogP contribution in [0.1, 0.15) is 17.9 Å². The Bertz CT molecular complexity index is 1140. The molecule has 168 valence electrons. The predicted molar refractivity (Wildman–Crippen MR) is 116 cm³/mol. The van der Waals surface area contributed by atoms with E-state index in [-0.39, 0.29) is 17.2 Å². The van der Waals surface area contributed by atoms with E-state index in [2.05, 4.69) is 15.5 Å². The second-order valence-corrected chi connectivity index (χ2v) is 9.24. The summed E-state index contributed by atoms with van der Waals surface area (Å²) < 4.78 is 37.6. The molecule has 1 N–H and O–H groups in total. The van der Waals surface area contributed by atoms with Gasteiger partial charge in [-0.3, -0.25) is 4.79 Å². The summed E-state index contributed by atoms with van der Waals surface area (Å²) in [5, 5.41) is 10.8. The number of nitrogens with zero attached hydrogens (tertiary/aromatic N) is 3. The molecule has 0 radical (unpaired) electrons. The number of ether oxygens (including phenoxy) is 1. The Morgan fingerprint density at radius 1 is 1.00 bits per heavy atom. The van der Waals surface area contributed by atoms with E-state index in [0.29, 0.717) is 51.1 Å². The molecule has 3 aromatic rings. The van der Waals surface area contributed by atoms with E-state index in [9.17, 15) is 13.2 Å². The van der Waals surface area contributed by atoms with E-state index < -0.39 is 10.0 Å². The highest BCUT2D eigenvalue weighted by Gasteiger charge is 2.26. The zero-order valence-electron chi connectivity index (χ0n) is 17.4. The van der Waals surface area contributed by atoms with Gasteiger partial charge in [-0.15, -0.1) is 10.2 Å². The van der Waals surface area contributed by atoms with Gasteiger partial charge in [0, 0.05) is 38.0 Å². The number of nitrogens with one attached hydrogen (secondary N) is 1. The lowest BCUT2D eigenvalue weighted by Gasteiger charge is -2.26. The topological polar surface area (TPSA) is 115 Å². The molecule has 0 unspecified atom stereocenters. The van der Waals surface area contributed by atoms with Gasteiger partial charge in [0.05, 0.1) is 18.1 Å². The van der Waals surface area contributed by atoms with Gasteiger partial charge in [0.2, 0.25) is 27.7 Å². The number of hydrogen-bond donors (Lipinski definition) is 1. The fourth-order valence-electron chi connectivity index (χ4n) is 3.28. The normalized spacial score (nSPS) is 14.9. The third-order valence-electron chi connectivity index (χ3n) is 5.07. The number of hydrogen-bond acceptors (Lipinski definition) is 7. The van der Waals surface area contributed by atoms with Crippen LogP contribution < -0.4 is 5.32 Å².